The number of carbonyl (C=O) groups is 1. The SMILES string of the molecule is COc1cccc([C@H]2O[C@H](CCn3nnnc3C3(C(=O)O)CC3)c3cccn3-c3ccc(Cl)cc32)c1OC. The van der Waals surface area contributed by atoms with Crippen LogP contribution in [0.25, 0.3) is 5.69 Å². The van der Waals surface area contributed by atoms with Gasteiger partial charge in [-0.05, 0) is 66.1 Å². The predicted octanol–water partition coefficient (Wildman–Crippen LogP) is 4.50. The Balaban J connectivity index is 1.41. The summed E-state index contributed by atoms with van der Waals surface area (Å²) in [5.41, 5.74) is 2.58. The number of halogens is 1. The van der Waals surface area contributed by atoms with Crippen molar-refractivity contribution < 1.29 is 24.1 Å². The number of rotatable bonds is 8. The zero-order chi connectivity index (χ0) is 26.4. The first-order valence-electron chi connectivity index (χ1n) is 12.3. The molecule has 0 amide bonds. The van der Waals surface area contributed by atoms with Crippen LogP contribution in [0.3, 0.4) is 0 Å². The average Bonchev–Trinajstić information content (AvgIpc) is 3.39. The number of nitrogens with zero attached hydrogens (tertiary/aromatic N) is 5. The Hall–Kier alpha value is -3.89. The summed E-state index contributed by atoms with van der Waals surface area (Å²) >= 11 is 6.48. The van der Waals surface area contributed by atoms with Crippen LogP contribution in [0.15, 0.2) is 54.7 Å². The fourth-order valence-corrected chi connectivity index (χ4v) is 5.49. The van der Waals surface area contributed by atoms with Crippen molar-refractivity contribution in [2.75, 3.05) is 14.2 Å². The molecule has 1 N–H and O–H groups in total. The van der Waals surface area contributed by atoms with Gasteiger partial charge in [0.05, 0.1) is 25.6 Å². The Morgan fingerprint density at radius 2 is 2.00 bits per heavy atom. The number of para-hydroxylation sites is 1. The number of ether oxygens (including phenoxy) is 3. The van der Waals surface area contributed by atoms with Gasteiger partial charge in [-0.2, -0.15) is 0 Å². The molecule has 0 bridgehead atoms. The largest absolute Gasteiger partial charge is 0.493 e. The molecule has 0 radical (unpaired) electrons. The van der Waals surface area contributed by atoms with Gasteiger partial charge in [-0.1, -0.05) is 23.7 Å². The van der Waals surface area contributed by atoms with Gasteiger partial charge in [-0.25, -0.2) is 4.68 Å². The summed E-state index contributed by atoms with van der Waals surface area (Å²) in [6.07, 6.45) is 2.64. The minimum Gasteiger partial charge on any atom is -0.493 e. The predicted molar refractivity (Wildman–Crippen MR) is 137 cm³/mol. The maximum absolute atomic E-state index is 11.9. The van der Waals surface area contributed by atoms with Gasteiger partial charge in [0.25, 0.3) is 0 Å². The third-order valence-corrected chi connectivity index (χ3v) is 7.62. The molecule has 10 nitrogen and oxygen atoms in total. The molecule has 1 aliphatic carbocycles. The van der Waals surface area contributed by atoms with E-state index < -0.39 is 17.5 Å². The highest BCUT2D eigenvalue weighted by Crippen LogP contribution is 2.48. The van der Waals surface area contributed by atoms with Gasteiger partial charge in [-0.15, -0.1) is 5.10 Å². The second-order valence-corrected chi connectivity index (χ2v) is 9.93. The average molecular weight is 536 g/mol. The molecule has 2 aromatic heterocycles. The van der Waals surface area contributed by atoms with Crippen LogP contribution in [0.4, 0.5) is 0 Å². The van der Waals surface area contributed by atoms with Crippen molar-refractivity contribution >= 4 is 17.6 Å². The first-order valence-corrected chi connectivity index (χ1v) is 12.7. The van der Waals surface area contributed by atoms with Gasteiger partial charge in [0, 0.05) is 28.9 Å². The van der Waals surface area contributed by atoms with Gasteiger partial charge >= 0.3 is 5.97 Å². The maximum atomic E-state index is 11.9. The van der Waals surface area contributed by atoms with Crippen molar-refractivity contribution in [2.45, 2.75) is 43.4 Å². The Labute approximate surface area is 223 Å². The van der Waals surface area contributed by atoms with Crippen LogP contribution in [-0.4, -0.2) is 50.1 Å². The minimum atomic E-state index is -1.00. The van der Waals surface area contributed by atoms with E-state index in [4.69, 9.17) is 25.8 Å². The number of tetrazole rings is 1. The summed E-state index contributed by atoms with van der Waals surface area (Å²) in [6.45, 7) is 0.381. The third-order valence-electron chi connectivity index (χ3n) is 7.38. The first kappa shape index (κ1) is 24.4. The lowest BCUT2D eigenvalue weighted by molar-refractivity contribution is -0.140. The highest BCUT2D eigenvalue weighted by atomic mass is 35.5. The molecule has 4 aromatic rings. The van der Waals surface area contributed by atoms with Gasteiger partial charge < -0.3 is 23.9 Å². The third kappa shape index (κ3) is 3.91. The molecule has 38 heavy (non-hydrogen) atoms. The van der Waals surface area contributed by atoms with E-state index in [0.29, 0.717) is 48.2 Å². The Morgan fingerprint density at radius 1 is 1.16 bits per heavy atom. The quantitative estimate of drug-likeness (QED) is 0.351. The fraction of sp³-hybridized carbons (Fsp3) is 0.333. The van der Waals surface area contributed by atoms with Gasteiger partial charge in [0.15, 0.2) is 17.3 Å². The molecule has 6 rings (SSSR count). The monoisotopic (exact) mass is 535 g/mol. The molecule has 0 saturated heterocycles. The van der Waals surface area contributed by atoms with Gasteiger partial charge in [0.1, 0.15) is 17.6 Å². The summed E-state index contributed by atoms with van der Waals surface area (Å²) in [6, 6.07) is 15.5. The van der Waals surface area contributed by atoms with Crippen molar-refractivity contribution in [1.82, 2.24) is 24.8 Å². The highest BCUT2D eigenvalue weighted by molar-refractivity contribution is 6.30. The minimum absolute atomic E-state index is 0.380. The summed E-state index contributed by atoms with van der Waals surface area (Å²) in [5.74, 6) is 0.663. The molecule has 2 aliphatic rings. The molecule has 196 valence electrons. The number of carboxylic acids is 1. The normalized spacial score (nSPS) is 19.2. The zero-order valence-electron chi connectivity index (χ0n) is 20.9. The summed E-state index contributed by atoms with van der Waals surface area (Å²) in [7, 11) is 3.20. The number of aliphatic carboxylic acids is 1. The molecule has 2 atom stereocenters. The lowest BCUT2D eigenvalue weighted by Gasteiger charge is -2.25. The molecule has 11 heteroatoms. The lowest BCUT2D eigenvalue weighted by Crippen LogP contribution is -2.25. The number of hydrogen-bond donors (Lipinski definition) is 1. The van der Waals surface area contributed by atoms with Crippen LogP contribution in [0, 0.1) is 0 Å². The summed E-state index contributed by atoms with van der Waals surface area (Å²) in [4.78, 5) is 11.9. The van der Waals surface area contributed by atoms with Crippen molar-refractivity contribution in [1.29, 1.82) is 0 Å². The molecule has 3 heterocycles. The van der Waals surface area contributed by atoms with E-state index in [9.17, 15) is 9.90 Å². The molecular weight excluding hydrogens is 510 g/mol. The number of methoxy groups -OCH3 is 2. The highest BCUT2D eigenvalue weighted by Gasteiger charge is 2.56. The molecule has 1 saturated carbocycles. The maximum Gasteiger partial charge on any atom is 0.317 e. The number of fused-ring (bicyclic) bond motifs is 3. The number of benzene rings is 2. The summed E-state index contributed by atoms with van der Waals surface area (Å²) < 4.78 is 21.9. The molecule has 0 spiro atoms. The van der Waals surface area contributed by atoms with Crippen LogP contribution >= 0.6 is 11.6 Å². The summed E-state index contributed by atoms with van der Waals surface area (Å²) in [5, 5.41) is 22.3. The molecule has 2 aromatic carbocycles. The van der Waals surface area contributed by atoms with Crippen molar-refractivity contribution in [3.63, 3.8) is 0 Å². The number of aryl methyl sites for hydroxylation is 1. The van der Waals surface area contributed by atoms with Crippen molar-refractivity contribution in [3.05, 3.63) is 82.4 Å². The Kier molecular flexibility index (Phi) is 6.08. The molecule has 1 fully saturated rings. The number of aromatic nitrogens is 5. The van der Waals surface area contributed by atoms with E-state index in [2.05, 4.69) is 20.1 Å². The van der Waals surface area contributed by atoms with Crippen molar-refractivity contribution in [2.24, 2.45) is 0 Å². The van der Waals surface area contributed by atoms with E-state index >= 15 is 0 Å². The Morgan fingerprint density at radius 3 is 2.74 bits per heavy atom. The van der Waals surface area contributed by atoms with E-state index in [1.807, 2.05) is 54.7 Å². The van der Waals surface area contributed by atoms with Crippen LogP contribution in [0.1, 0.15) is 54.1 Å². The van der Waals surface area contributed by atoms with E-state index in [1.54, 1.807) is 18.9 Å². The van der Waals surface area contributed by atoms with Crippen LogP contribution in [0.2, 0.25) is 5.02 Å². The zero-order valence-corrected chi connectivity index (χ0v) is 21.6. The van der Waals surface area contributed by atoms with Crippen LogP contribution in [0.5, 0.6) is 11.5 Å². The fourth-order valence-electron chi connectivity index (χ4n) is 5.31. The molecule has 1 aliphatic heterocycles. The van der Waals surface area contributed by atoms with E-state index in [0.717, 1.165) is 22.5 Å². The second-order valence-electron chi connectivity index (χ2n) is 9.50. The topological polar surface area (TPSA) is 114 Å². The smallest absolute Gasteiger partial charge is 0.317 e. The van der Waals surface area contributed by atoms with Gasteiger partial charge in [-0.3, -0.25) is 4.79 Å². The number of hydrogen-bond acceptors (Lipinski definition) is 7. The molecular formula is C27H26ClN5O5. The van der Waals surface area contributed by atoms with Crippen LogP contribution in [-0.2, 0) is 21.5 Å². The lowest BCUT2D eigenvalue weighted by atomic mass is 9.98. The van der Waals surface area contributed by atoms with Gasteiger partial charge in [0.2, 0.25) is 0 Å². The standard InChI is InChI=1S/C27H26ClN5O5/c1-36-22-7-3-5-17(24(22)37-2)23-18-15-16(28)8-9-19(18)32-13-4-6-20(32)21(38-23)10-14-33-25(29-30-31-33)27(11-12-27)26(34)35/h3-9,13,15,21,23H,10-12,14H2,1-2H3,(H,34,35)/t21-,23-/m1/s1. The van der Waals surface area contributed by atoms with E-state index in [1.165, 1.54) is 0 Å². The first-order chi connectivity index (χ1) is 18.5. The van der Waals surface area contributed by atoms with Crippen molar-refractivity contribution in [3.8, 4) is 17.2 Å². The Bertz CT molecular complexity index is 1510. The molecule has 0 unspecified atom stereocenters. The van der Waals surface area contributed by atoms with Crippen LogP contribution < -0.4 is 9.47 Å². The van der Waals surface area contributed by atoms with E-state index in [-0.39, 0.29) is 6.10 Å². The second kappa shape index (κ2) is 9.45. The number of carboxylic acid groups (broad SMARTS) is 1.